The van der Waals surface area contributed by atoms with Crippen molar-refractivity contribution < 1.29 is 0 Å². The van der Waals surface area contributed by atoms with Crippen LogP contribution in [0.1, 0.15) is 33.4 Å². The van der Waals surface area contributed by atoms with E-state index in [2.05, 4.69) is 243 Å². The number of rotatable bonds is 8. The average molecular weight is 761 g/mol. The molecule has 2 aliphatic rings. The second-order valence-corrected chi connectivity index (χ2v) is 15.6. The van der Waals surface area contributed by atoms with Gasteiger partial charge in [-0.2, -0.15) is 0 Å². The fourth-order valence-corrected chi connectivity index (χ4v) is 9.35. The summed E-state index contributed by atoms with van der Waals surface area (Å²) in [5.74, 6) is 0. The van der Waals surface area contributed by atoms with E-state index in [0.29, 0.717) is 0 Å². The van der Waals surface area contributed by atoms with E-state index in [4.69, 9.17) is 0 Å². The van der Waals surface area contributed by atoms with E-state index in [1.54, 1.807) is 0 Å². The van der Waals surface area contributed by atoms with Crippen molar-refractivity contribution in [3.05, 3.63) is 282 Å². The van der Waals surface area contributed by atoms with Gasteiger partial charge in [0.05, 0.1) is 0 Å². The Bertz CT molecular complexity index is 3120. The Kier molecular flexibility index (Phi) is 8.95. The third-order valence-electron chi connectivity index (χ3n) is 12.0. The largest absolute Gasteiger partial charge is 0.0622 e. The number of allylic oxidation sites excluding steroid dienone is 5. The molecule has 0 bridgehead atoms. The fourth-order valence-electron chi connectivity index (χ4n) is 9.35. The topological polar surface area (TPSA) is 0 Å². The van der Waals surface area contributed by atoms with Crippen LogP contribution in [0.15, 0.2) is 248 Å². The zero-order valence-corrected chi connectivity index (χ0v) is 33.1. The van der Waals surface area contributed by atoms with Crippen LogP contribution in [0.5, 0.6) is 0 Å². The summed E-state index contributed by atoms with van der Waals surface area (Å²) in [6.45, 7) is 0. The summed E-state index contributed by atoms with van der Waals surface area (Å²) in [5, 5.41) is 0. The zero-order valence-electron chi connectivity index (χ0n) is 33.1. The van der Waals surface area contributed by atoms with E-state index in [1.165, 1.54) is 111 Å². The lowest BCUT2D eigenvalue weighted by molar-refractivity contribution is 1.51. The van der Waals surface area contributed by atoms with Crippen molar-refractivity contribution in [3.63, 3.8) is 0 Å². The van der Waals surface area contributed by atoms with Gasteiger partial charge in [-0.25, -0.2) is 0 Å². The van der Waals surface area contributed by atoms with Crippen LogP contribution in [-0.4, -0.2) is 0 Å². The van der Waals surface area contributed by atoms with Crippen molar-refractivity contribution in [3.8, 4) is 44.5 Å². The lowest BCUT2D eigenvalue weighted by Gasteiger charge is -2.19. The first-order chi connectivity index (χ1) is 29.8. The fraction of sp³-hybridized carbons (Fsp3) is 0. The monoisotopic (exact) mass is 760 g/mol. The maximum Gasteiger partial charge on any atom is -0.000137 e. The highest BCUT2D eigenvalue weighted by Gasteiger charge is 2.41. The van der Waals surface area contributed by atoms with Gasteiger partial charge in [0, 0.05) is 0 Å². The Morgan fingerprint density at radius 2 is 0.417 bits per heavy atom. The van der Waals surface area contributed by atoms with Gasteiger partial charge >= 0.3 is 0 Å². The van der Waals surface area contributed by atoms with Gasteiger partial charge in [0.15, 0.2) is 0 Å². The molecule has 0 heterocycles. The smallest absolute Gasteiger partial charge is 0.000137 e. The van der Waals surface area contributed by atoms with Gasteiger partial charge in [-0.1, -0.05) is 218 Å². The van der Waals surface area contributed by atoms with Crippen LogP contribution < -0.4 is 0 Å². The van der Waals surface area contributed by atoms with E-state index in [0.717, 1.165) is 0 Å². The maximum atomic E-state index is 2.49. The number of benzene rings is 9. The predicted molar refractivity (Wildman–Crippen MR) is 254 cm³/mol. The van der Waals surface area contributed by atoms with Crippen molar-refractivity contribution in [2.24, 2.45) is 0 Å². The van der Waals surface area contributed by atoms with Crippen molar-refractivity contribution >= 4 is 27.9 Å². The third kappa shape index (κ3) is 6.18. The van der Waals surface area contributed by atoms with Crippen LogP contribution in [0.4, 0.5) is 0 Å². The van der Waals surface area contributed by atoms with Crippen LogP contribution in [0.3, 0.4) is 0 Å². The highest BCUT2D eigenvalue weighted by Crippen LogP contribution is 2.62. The van der Waals surface area contributed by atoms with Gasteiger partial charge < -0.3 is 0 Å². The minimum atomic E-state index is 1.20. The van der Waals surface area contributed by atoms with E-state index in [9.17, 15) is 0 Å². The first kappa shape index (κ1) is 35.4. The minimum Gasteiger partial charge on any atom is -0.0622 e. The Balaban J connectivity index is 1.30. The van der Waals surface area contributed by atoms with Crippen molar-refractivity contribution in [1.29, 1.82) is 0 Å². The molecule has 0 saturated heterocycles. The standard InChI is InChI=1S/C60H40/c1-7-21-41(22-8-1)47-33-19-35-49(37-47)57-56(46-31-17-6-18-32-46)59-54-40-52(44-27-13-4-14-28-44)51(43-25-11-3-12-26-43)39-53(54)55(45-29-15-5-16-30-45)60(59)58(57)50-36-20-34-48(38-50)42-23-9-2-10-24-42/h1-40H. The number of hydrogen-bond acceptors (Lipinski definition) is 0. The SMILES string of the molecule is c1ccc(C2=C3C(=C(c4ccccc4)c4cc(-c5ccccc5)c(-c5ccccc5)cc43)C(c3cccc(-c4ccccc4)c3)=C2c2cccc(-c3ccccc3)c2)cc1. The molecule has 280 valence electrons. The summed E-state index contributed by atoms with van der Waals surface area (Å²) in [6, 6.07) is 88.8. The molecular weight excluding hydrogens is 721 g/mol. The van der Waals surface area contributed by atoms with E-state index < -0.39 is 0 Å². The molecule has 0 aliphatic heterocycles. The number of hydrogen-bond donors (Lipinski definition) is 0. The molecule has 0 amide bonds. The lowest BCUT2D eigenvalue weighted by Crippen LogP contribution is -1.97. The normalized spacial score (nSPS) is 13.1. The van der Waals surface area contributed by atoms with Crippen LogP contribution in [0, 0.1) is 0 Å². The molecule has 0 aromatic heterocycles. The Labute approximate surface area is 352 Å². The lowest BCUT2D eigenvalue weighted by atomic mass is 9.84. The Morgan fingerprint density at radius 3 is 0.833 bits per heavy atom. The predicted octanol–water partition coefficient (Wildman–Crippen LogP) is 15.7. The molecule has 0 nitrogen and oxygen atoms in total. The van der Waals surface area contributed by atoms with Crippen LogP contribution in [0.2, 0.25) is 0 Å². The summed E-state index contributed by atoms with van der Waals surface area (Å²) in [5.41, 5.74) is 24.6. The van der Waals surface area contributed by atoms with Crippen LogP contribution in [-0.2, 0) is 0 Å². The third-order valence-corrected chi connectivity index (χ3v) is 12.0. The van der Waals surface area contributed by atoms with Gasteiger partial charge in [0.25, 0.3) is 0 Å². The summed E-state index contributed by atoms with van der Waals surface area (Å²) < 4.78 is 0. The second-order valence-electron chi connectivity index (χ2n) is 15.6. The Hall–Kier alpha value is -7.80. The first-order valence-electron chi connectivity index (χ1n) is 20.8. The molecular formula is C60H40. The summed E-state index contributed by atoms with van der Waals surface area (Å²) in [4.78, 5) is 0. The molecule has 0 fully saturated rings. The van der Waals surface area contributed by atoms with Gasteiger partial charge in [0.1, 0.15) is 0 Å². The Morgan fingerprint density at radius 1 is 0.133 bits per heavy atom. The average Bonchev–Trinajstić information content (AvgIpc) is 3.85. The number of fused-ring (bicyclic) bond motifs is 3. The van der Waals surface area contributed by atoms with Gasteiger partial charge in [-0.3, -0.25) is 0 Å². The summed E-state index contributed by atoms with van der Waals surface area (Å²) in [6.07, 6.45) is 0. The molecule has 0 saturated carbocycles. The maximum absolute atomic E-state index is 2.49. The molecule has 2 aliphatic carbocycles. The molecule has 11 rings (SSSR count). The van der Waals surface area contributed by atoms with Crippen LogP contribution in [0.25, 0.3) is 72.4 Å². The van der Waals surface area contributed by atoms with E-state index in [-0.39, 0.29) is 0 Å². The highest BCUT2D eigenvalue weighted by molar-refractivity contribution is 6.39. The highest BCUT2D eigenvalue weighted by atomic mass is 14.4. The molecule has 9 aromatic carbocycles. The second kappa shape index (κ2) is 15.2. The molecule has 0 N–H and O–H groups in total. The quantitative estimate of drug-likeness (QED) is 0.145. The van der Waals surface area contributed by atoms with Gasteiger partial charge in [-0.05, 0) is 136 Å². The van der Waals surface area contributed by atoms with Gasteiger partial charge in [0.2, 0.25) is 0 Å². The zero-order chi connectivity index (χ0) is 39.8. The van der Waals surface area contributed by atoms with Crippen molar-refractivity contribution in [2.45, 2.75) is 0 Å². The summed E-state index contributed by atoms with van der Waals surface area (Å²) >= 11 is 0. The molecule has 0 heteroatoms. The molecule has 0 unspecified atom stereocenters. The first-order valence-corrected chi connectivity index (χ1v) is 20.8. The molecule has 0 atom stereocenters. The molecule has 9 aromatic rings. The molecule has 0 radical (unpaired) electrons. The molecule has 0 spiro atoms. The summed E-state index contributed by atoms with van der Waals surface area (Å²) in [7, 11) is 0. The van der Waals surface area contributed by atoms with Crippen LogP contribution >= 0.6 is 0 Å². The van der Waals surface area contributed by atoms with Gasteiger partial charge in [-0.15, -0.1) is 0 Å². The minimum absolute atomic E-state index is 1.20. The van der Waals surface area contributed by atoms with Crippen molar-refractivity contribution in [2.75, 3.05) is 0 Å². The molecule has 60 heavy (non-hydrogen) atoms. The van der Waals surface area contributed by atoms with Crippen molar-refractivity contribution in [1.82, 2.24) is 0 Å². The van der Waals surface area contributed by atoms with E-state index in [1.807, 2.05) is 0 Å². The van der Waals surface area contributed by atoms with E-state index >= 15 is 0 Å².